The average molecular weight is 326 g/mol. The highest BCUT2D eigenvalue weighted by molar-refractivity contribution is 7.99. The lowest BCUT2D eigenvalue weighted by Crippen LogP contribution is -2.16. The molecule has 10 heteroatoms. The molecule has 0 fully saturated rings. The fourth-order valence-corrected chi connectivity index (χ4v) is 2.96. The number of fused-ring (bicyclic) bond motifs is 1. The van der Waals surface area contributed by atoms with Gasteiger partial charge in [0.25, 0.3) is 11.6 Å². The molecule has 0 atom stereocenters. The van der Waals surface area contributed by atoms with Gasteiger partial charge in [-0.3, -0.25) is 24.8 Å². The van der Waals surface area contributed by atoms with Gasteiger partial charge >= 0.3 is 0 Å². The van der Waals surface area contributed by atoms with Crippen molar-refractivity contribution in [3.8, 4) is 0 Å². The van der Waals surface area contributed by atoms with Crippen molar-refractivity contribution >= 4 is 40.9 Å². The van der Waals surface area contributed by atoms with Gasteiger partial charge in [-0.1, -0.05) is 23.4 Å². The highest BCUT2D eigenvalue weighted by Gasteiger charge is 2.21. The second kappa shape index (κ2) is 5.34. The number of rotatable bonds is 3. The predicted octanol–water partition coefficient (Wildman–Crippen LogP) is 2.20. The molecule has 0 unspecified atom stereocenters. The minimum atomic E-state index is -0.634. The second-order valence-corrected chi connectivity index (χ2v) is 5.65. The SMILES string of the molecule is O=C(Nc1nnc2n1CCS2)c1ccc(Cl)c([N+](=O)[O-])c1. The Balaban J connectivity index is 1.85. The Bertz CT molecular complexity index is 747. The van der Waals surface area contributed by atoms with Crippen molar-refractivity contribution in [2.45, 2.75) is 11.7 Å². The molecule has 2 heterocycles. The molecule has 1 amide bonds. The number of nitrogens with zero attached hydrogens (tertiary/aromatic N) is 4. The summed E-state index contributed by atoms with van der Waals surface area (Å²) in [5.41, 5.74) is -0.180. The lowest BCUT2D eigenvalue weighted by atomic mass is 10.2. The maximum absolute atomic E-state index is 12.1. The zero-order valence-electron chi connectivity index (χ0n) is 10.4. The molecule has 0 radical (unpaired) electrons. The molecule has 1 aromatic carbocycles. The van der Waals surface area contributed by atoms with Crippen molar-refractivity contribution in [3.63, 3.8) is 0 Å². The number of hydrogen-bond acceptors (Lipinski definition) is 6. The molecule has 1 aliphatic heterocycles. The van der Waals surface area contributed by atoms with E-state index in [1.807, 2.05) is 0 Å². The number of benzene rings is 1. The lowest BCUT2D eigenvalue weighted by molar-refractivity contribution is -0.384. The van der Waals surface area contributed by atoms with Crippen molar-refractivity contribution in [1.29, 1.82) is 0 Å². The molecular formula is C11H8ClN5O3S. The normalized spacial score (nSPS) is 13.0. The number of thioether (sulfide) groups is 1. The van der Waals surface area contributed by atoms with Crippen LogP contribution in [0.1, 0.15) is 10.4 Å². The highest BCUT2D eigenvalue weighted by atomic mass is 35.5. The summed E-state index contributed by atoms with van der Waals surface area (Å²) in [6, 6.07) is 3.87. The highest BCUT2D eigenvalue weighted by Crippen LogP contribution is 2.28. The van der Waals surface area contributed by atoms with Crippen LogP contribution >= 0.6 is 23.4 Å². The summed E-state index contributed by atoms with van der Waals surface area (Å²) in [6.45, 7) is 0.712. The summed E-state index contributed by atoms with van der Waals surface area (Å²) in [6.07, 6.45) is 0. The van der Waals surface area contributed by atoms with Crippen LogP contribution in [-0.2, 0) is 6.54 Å². The van der Waals surface area contributed by atoms with Crippen LogP contribution < -0.4 is 5.32 Å². The fraction of sp³-hybridized carbons (Fsp3) is 0.182. The molecule has 0 spiro atoms. The minimum Gasteiger partial charge on any atom is -0.290 e. The van der Waals surface area contributed by atoms with Gasteiger partial charge in [0.2, 0.25) is 5.95 Å². The Kier molecular flexibility index (Phi) is 3.52. The van der Waals surface area contributed by atoms with Crippen molar-refractivity contribution in [2.75, 3.05) is 11.1 Å². The van der Waals surface area contributed by atoms with E-state index in [1.165, 1.54) is 12.1 Å². The molecule has 0 bridgehead atoms. The largest absolute Gasteiger partial charge is 0.290 e. The summed E-state index contributed by atoms with van der Waals surface area (Å²) in [4.78, 5) is 22.3. The predicted molar refractivity (Wildman–Crippen MR) is 76.8 cm³/mol. The molecule has 1 aliphatic rings. The van der Waals surface area contributed by atoms with Gasteiger partial charge in [0.15, 0.2) is 5.16 Å². The first-order chi connectivity index (χ1) is 10.1. The van der Waals surface area contributed by atoms with Gasteiger partial charge in [-0.15, -0.1) is 10.2 Å². The first-order valence-electron chi connectivity index (χ1n) is 5.87. The number of halogens is 1. The van der Waals surface area contributed by atoms with Crippen LogP contribution in [0, 0.1) is 10.1 Å². The van der Waals surface area contributed by atoms with E-state index in [0.717, 1.165) is 17.0 Å². The topological polar surface area (TPSA) is 103 Å². The smallest absolute Gasteiger partial charge is 0.288 e. The van der Waals surface area contributed by atoms with Crippen molar-refractivity contribution in [2.24, 2.45) is 0 Å². The number of aromatic nitrogens is 3. The fourth-order valence-electron chi connectivity index (χ4n) is 1.89. The van der Waals surface area contributed by atoms with Crippen molar-refractivity contribution < 1.29 is 9.72 Å². The van der Waals surface area contributed by atoms with Crippen LogP contribution in [0.5, 0.6) is 0 Å². The first kappa shape index (κ1) is 13.8. The monoisotopic (exact) mass is 325 g/mol. The van der Waals surface area contributed by atoms with Gasteiger partial charge < -0.3 is 0 Å². The molecule has 1 aromatic heterocycles. The second-order valence-electron chi connectivity index (χ2n) is 4.18. The molecule has 3 rings (SSSR count). The van der Waals surface area contributed by atoms with Gasteiger partial charge in [-0.2, -0.15) is 0 Å². The zero-order chi connectivity index (χ0) is 15.0. The maximum atomic E-state index is 12.1. The van der Waals surface area contributed by atoms with E-state index >= 15 is 0 Å². The summed E-state index contributed by atoms with van der Waals surface area (Å²) < 4.78 is 1.78. The van der Waals surface area contributed by atoms with Gasteiger partial charge in [-0.25, -0.2) is 0 Å². The van der Waals surface area contributed by atoms with E-state index in [0.29, 0.717) is 12.5 Å². The molecule has 108 valence electrons. The summed E-state index contributed by atoms with van der Waals surface area (Å²) in [5, 5.41) is 22.0. The number of nitro benzene ring substituents is 1. The molecule has 0 saturated carbocycles. The molecule has 2 aromatic rings. The number of nitrogens with one attached hydrogen (secondary N) is 1. The number of anilines is 1. The average Bonchev–Trinajstić information content (AvgIpc) is 3.04. The Morgan fingerprint density at radius 1 is 1.48 bits per heavy atom. The van der Waals surface area contributed by atoms with Gasteiger partial charge in [-0.05, 0) is 12.1 Å². The Morgan fingerprint density at radius 2 is 2.29 bits per heavy atom. The molecule has 0 aliphatic carbocycles. The van der Waals surface area contributed by atoms with Crippen LogP contribution in [0.3, 0.4) is 0 Å². The minimum absolute atomic E-state index is 0.0173. The zero-order valence-corrected chi connectivity index (χ0v) is 12.0. The third kappa shape index (κ3) is 2.57. The first-order valence-corrected chi connectivity index (χ1v) is 7.24. The lowest BCUT2D eigenvalue weighted by Gasteiger charge is -2.05. The van der Waals surface area contributed by atoms with E-state index in [1.54, 1.807) is 16.3 Å². The van der Waals surface area contributed by atoms with Crippen LogP contribution in [-0.4, -0.2) is 31.3 Å². The van der Waals surface area contributed by atoms with Gasteiger partial charge in [0, 0.05) is 23.9 Å². The van der Waals surface area contributed by atoms with Crippen molar-refractivity contribution in [3.05, 3.63) is 38.9 Å². The standard InChI is InChI=1S/C11H8ClN5O3S/c12-7-2-1-6(5-8(7)17(19)20)9(18)13-10-14-15-11-16(10)3-4-21-11/h1-2,5H,3-4H2,(H,13,14,18). The quantitative estimate of drug-likeness (QED) is 0.685. The van der Waals surface area contributed by atoms with E-state index < -0.39 is 10.8 Å². The Hall–Kier alpha value is -2.13. The number of carbonyl (C=O) groups is 1. The van der Waals surface area contributed by atoms with Crippen LogP contribution in [0.2, 0.25) is 5.02 Å². The third-order valence-electron chi connectivity index (χ3n) is 2.89. The van der Waals surface area contributed by atoms with Crippen LogP contribution in [0.4, 0.5) is 11.6 Å². The molecule has 1 N–H and O–H groups in total. The van der Waals surface area contributed by atoms with Crippen molar-refractivity contribution in [1.82, 2.24) is 14.8 Å². The summed E-state index contributed by atoms with van der Waals surface area (Å²) in [7, 11) is 0. The Labute approximate surface area is 127 Å². The van der Waals surface area contributed by atoms with E-state index in [9.17, 15) is 14.9 Å². The number of amides is 1. The Morgan fingerprint density at radius 3 is 3.05 bits per heavy atom. The van der Waals surface area contributed by atoms with E-state index in [-0.39, 0.29) is 16.3 Å². The summed E-state index contributed by atoms with van der Waals surface area (Å²) >= 11 is 7.26. The third-order valence-corrected chi connectivity index (χ3v) is 4.16. The van der Waals surface area contributed by atoms with E-state index in [2.05, 4.69) is 15.5 Å². The van der Waals surface area contributed by atoms with E-state index in [4.69, 9.17) is 11.6 Å². The molecular weight excluding hydrogens is 318 g/mol. The maximum Gasteiger partial charge on any atom is 0.288 e. The van der Waals surface area contributed by atoms with Gasteiger partial charge in [0.05, 0.1) is 4.92 Å². The molecule has 0 saturated heterocycles. The van der Waals surface area contributed by atoms with Gasteiger partial charge in [0.1, 0.15) is 5.02 Å². The van der Waals surface area contributed by atoms with Crippen LogP contribution in [0.15, 0.2) is 23.4 Å². The number of nitro groups is 1. The van der Waals surface area contributed by atoms with Crippen LogP contribution in [0.25, 0.3) is 0 Å². The number of hydrogen-bond donors (Lipinski definition) is 1. The summed E-state index contributed by atoms with van der Waals surface area (Å²) in [5.74, 6) is 0.708. The molecule has 21 heavy (non-hydrogen) atoms. The number of carbonyl (C=O) groups excluding carboxylic acids is 1. The molecule has 8 nitrogen and oxygen atoms in total.